The second-order valence-electron chi connectivity index (χ2n) is 5.09. The Morgan fingerprint density at radius 3 is 2.53 bits per heavy atom. The van der Waals surface area contributed by atoms with Crippen LogP contribution in [0.4, 0.5) is 0 Å². The molecule has 2 aromatic rings. The van der Waals surface area contributed by atoms with E-state index >= 15 is 0 Å². The van der Waals surface area contributed by atoms with Crippen LogP contribution in [0.3, 0.4) is 0 Å². The van der Waals surface area contributed by atoms with Crippen LogP contribution in [0, 0.1) is 6.92 Å². The standard InChI is InChI=1S/C14H20N4S/c1-9(2)13-14(19-18-17-13)12(16-15)8-11-6-4-10(3)5-7-11/h4-7,9,12,16H,8,15H2,1-3H3. The number of nitrogens with zero attached hydrogens (tertiary/aromatic N) is 2. The Bertz CT molecular complexity index is 518. The maximum Gasteiger partial charge on any atom is 0.0829 e. The van der Waals surface area contributed by atoms with Gasteiger partial charge in [-0.25, -0.2) is 0 Å². The second kappa shape index (κ2) is 6.23. The first-order chi connectivity index (χ1) is 9.11. The molecule has 0 aliphatic carbocycles. The minimum absolute atomic E-state index is 0.0695. The molecule has 2 rings (SSSR count). The van der Waals surface area contributed by atoms with Crippen molar-refractivity contribution in [2.75, 3.05) is 0 Å². The number of aryl methyl sites for hydroxylation is 1. The summed E-state index contributed by atoms with van der Waals surface area (Å²) < 4.78 is 4.06. The van der Waals surface area contributed by atoms with Gasteiger partial charge in [-0.05, 0) is 36.4 Å². The molecule has 4 nitrogen and oxygen atoms in total. The highest BCUT2D eigenvalue weighted by molar-refractivity contribution is 7.05. The number of hydrogen-bond acceptors (Lipinski definition) is 5. The van der Waals surface area contributed by atoms with Crippen LogP contribution in [0.2, 0.25) is 0 Å². The van der Waals surface area contributed by atoms with Gasteiger partial charge in [0.2, 0.25) is 0 Å². The zero-order valence-corrected chi connectivity index (χ0v) is 12.4. The van der Waals surface area contributed by atoms with E-state index in [4.69, 9.17) is 5.84 Å². The van der Waals surface area contributed by atoms with Crippen molar-refractivity contribution in [1.82, 2.24) is 15.0 Å². The van der Waals surface area contributed by atoms with Crippen LogP contribution in [-0.4, -0.2) is 9.59 Å². The summed E-state index contributed by atoms with van der Waals surface area (Å²) in [5.74, 6) is 6.08. The van der Waals surface area contributed by atoms with Gasteiger partial charge in [0.05, 0.1) is 16.6 Å². The first-order valence-electron chi connectivity index (χ1n) is 6.45. The Labute approximate surface area is 118 Å². The molecule has 19 heavy (non-hydrogen) atoms. The maximum absolute atomic E-state index is 5.71. The molecular formula is C14H20N4S. The molecule has 0 saturated carbocycles. The quantitative estimate of drug-likeness (QED) is 0.651. The number of nitrogens with one attached hydrogen (secondary N) is 1. The minimum Gasteiger partial charge on any atom is -0.271 e. The predicted octanol–water partition coefficient (Wildman–Crippen LogP) is 2.72. The summed E-state index contributed by atoms with van der Waals surface area (Å²) in [6.45, 7) is 6.34. The average molecular weight is 276 g/mol. The lowest BCUT2D eigenvalue weighted by atomic mass is 10.00. The summed E-state index contributed by atoms with van der Waals surface area (Å²) >= 11 is 1.43. The Kier molecular flexibility index (Phi) is 4.63. The molecule has 102 valence electrons. The fraction of sp³-hybridized carbons (Fsp3) is 0.429. The summed E-state index contributed by atoms with van der Waals surface area (Å²) in [4.78, 5) is 1.14. The van der Waals surface area contributed by atoms with Gasteiger partial charge in [-0.3, -0.25) is 11.3 Å². The van der Waals surface area contributed by atoms with E-state index in [1.54, 1.807) is 0 Å². The third-order valence-corrected chi connectivity index (χ3v) is 4.02. The van der Waals surface area contributed by atoms with Crippen molar-refractivity contribution in [3.8, 4) is 0 Å². The van der Waals surface area contributed by atoms with Crippen LogP contribution < -0.4 is 11.3 Å². The smallest absolute Gasteiger partial charge is 0.0829 e. The highest BCUT2D eigenvalue weighted by atomic mass is 32.1. The molecule has 0 bridgehead atoms. The Morgan fingerprint density at radius 2 is 1.95 bits per heavy atom. The van der Waals surface area contributed by atoms with Crippen LogP contribution in [0.15, 0.2) is 24.3 Å². The van der Waals surface area contributed by atoms with Gasteiger partial charge < -0.3 is 0 Å². The van der Waals surface area contributed by atoms with Gasteiger partial charge in [-0.1, -0.05) is 48.2 Å². The largest absolute Gasteiger partial charge is 0.271 e. The van der Waals surface area contributed by atoms with E-state index in [9.17, 15) is 0 Å². The van der Waals surface area contributed by atoms with Gasteiger partial charge in [-0.15, -0.1) is 5.10 Å². The van der Waals surface area contributed by atoms with Gasteiger partial charge in [0, 0.05) is 0 Å². The molecule has 1 aromatic heterocycles. The van der Waals surface area contributed by atoms with Crippen molar-refractivity contribution < 1.29 is 0 Å². The topological polar surface area (TPSA) is 63.8 Å². The lowest BCUT2D eigenvalue weighted by Gasteiger charge is -2.16. The number of benzene rings is 1. The van der Waals surface area contributed by atoms with E-state index in [2.05, 4.69) is 60.0 Å². The van der Waals surface area contributed by atoms with E-state index in [0.717, 1.165) is 17.0 Å². The van der Waals surface area contributed by atoms with Gasteiger partial charge >= 0.3 is 0 Å². The maximum atomic E-state index is 5.71. The van der Waals surface area contributed by atoms with Gasteiger partial charge in [0.25, 0.3) is 0 Å². The van der Waals surface area contributed by atoms with Gasteiger partial charge in [-0.2, -0.15) is 0 Å². The second-order valence-corrected chi connectivity index (χ2v) is 5.87. The van der Waals surface area contributed by atoms with Crippen molar-refractivity contribution in [1.29, 1.82) is 0 Å². The average Bonchev–Trinajstić information content (AvgIpc) is 2.87. The highest BCUT2D eigenvalue weighted by Crippen LogP contribution is 2.28. The van der Waals surface area contributed by atoms with Crippen molar-refractivity contribution in [2.45, 2.75) is 39.2 Å². The van der Waals surface area contributed by atoms with E-state index in [1.807, 2.05) is 0 Å². The van der Waals surface area contributed by atoms with Crippen LogP contribution >= 0.6 is 11.5 Å². The Morgan fingerprint density at radius 1 is 1.26 bits per heavy atom. The Balaban J connectivity index is 2.20. The van der Waals surface area contributed by atoms with Gasteiger partial charge in [0.15, 0.2) is 0 Å². The summed E-state index contributed by atoms with van der Waals surface area (Å²) in [6, 6.07) is 8.60. The number of rotatable bonds is 5. The lowest BCUT2D eigenvalue weighted by molar-refractivity contribution is 0.551. The number of hydrazine groups is 1. The zero-order valence-electron chi connectivity index (χ0n) is 11.6. The summed E-state index contributed by atoms with van der Waals surface area (Å²) in [5, 5.41) is 4.21. The molecule has 1 aromatic carbocycles. The molecule has 0 amide bonds. The highest BCUT2D eigenvalue weighted by Gasteiger charge is 2.20. The molecule has 1 heterocycles. The van der Waals surface area contributed by atoms with E-state index < -0.39 is 0 Å². The molecule has 3 N–H and O–H groups in total. The van der Waals surface area contributed by atoms with Crippen molar-refractivity contribution in [3.05, 3.63) is 46.0 Å². The molecule has 0 saturated heterocycles. The minimum atomic E-state index is 0.0695. The van der Waals surface area contributed by atoms with Gasteiger partial charge in [0.1, 0.15) is 0 Å². The first-order valence-corrected chi connectivity index (χ1v) is 7.23. The molecule has 0 aliphatic rings. The van der Waals surface area contributed by atoms with Crippen molar-refractivity contribution in [3.63, 3.8) is 0 Å². The lowest BCUT2D eigenvalue weighted by Crippen LogP contribution is -2.29. The molecule has 0 fully saturated rings. The van der Waals surface area contributed by atoms with Crippen molar-refractivity contribution in [2.24, 2.45) is 5.84 Å². The first kappa shape index (κ1) is 14.1. The summed E-state index contributed by atoms with van der Waals surface area (Å²) in [7, 11) is 0. The molecule has 0 spiro atoms. The molecule has 5 heteroatoms. The number of nitrogens with two attached hydrogens (primary N) is 1. The summed E-state index contributed by atoms with van der Waals surface area (Å²) in [5.41, 5.74) is 6.46. The number of aromatic nitrogens is 2. The van der Waals surface area contributed by atoms with Crippen LogP contribution in [0.1, 0.15) is 47.5 Å². The van der Waals surface area contributed by atoms with E-state index in [0.29, 0.717) is 5.92 Å². The third-order valence-electron chi connectivity index (χ3n) is 3.17. The molecular weight excluding hydrogens is 256 g/mol. The van der Waals surface area contributed by atoms with Crippen LogP contribution in [-0.2, 0) is 6.42 Å². The normalized spacial score (nSPS) is 12.9. The zero-order chi connectivity index (χ0) is 13.8. The Hall–Kier alpha value is -1.30. The monoisotopic (exact) mass is 276 g/mol. The fourth-order valence-corrected chi connectivity index (χ4v) is 2.90. The molecule has 0 radical (unpaired) electrons. The van der Waals surface area contributed by atoms with Crippen molar-refractivity contribution >= 4 is 11.5 Å². The molecule has 1 atom stereocenters. The third kappa shape index (κ3) is 3.37. The van der Waals surface area contributed by atoms with E-state index in [1.165, 1.54) is 22.7 Å². The predicted molar refractivity (Wildman–Crippen MR) is 78.9 cm³/mol. The molecule has 0 aliphatic heterocycles. The molecule has 1 unspecified atom stereocenters. The van der Waals surface area contributed by atoms with Crippen LogP contribution in [0.5, 0.6) is 0 Å². The number of hydrogen-bond donors (Lipinski definition) is 2. The van der Waals surface area contributed by atoms with Crippen LogP contribution in [0.25, 0.3) is 0 Å². The SMILES string of the molecule is Cc1ccc(CC(NN)c2snnc2C(C)C)cc1. The fourth-order valence-electron chi connectivity index (χ4n) is 2.03. The summed E-state index contributed by atoms with van der Waals surface area (Å²) in [6.07, 6.45) is 0.848. The van der Waals surface area contributed by atoms with E-state index in [-0.39, 0.29) is 6.04 Å².